The highest BCUT2D eigenvalue weighted by Gasteiger charge is 1.96. The minimum absolute atomic E-state index is 0.518. The van der Waals surface area contributed by atoms with Crippen molar-refractivity contribution < 1.29 is 0 Å². The summed E-state index contributed by atoms with van der Waals surface area (Å²) in [6, 6.07) is 7.63. The number of rotatable bonds is 3. The molecular weight excluding hydrogens is 188 g/mol. The molecule has 0 saturated carbocycles. The van der Waals surface area contributed by atoms with Gasteiger partial charge in [-0.05, 0) is 29.8 Å². The Hall–Kier alpha value is -1.94. The van der Waals surface area contributed by atoms with E-state index in [4.69, 9.17) is 5.73 Å². The largest absolute Gasteiger partial charge is 0.339 e. The van der Waals surface area contributed by atoms with Gasteiger partial charge < -0.3 is 11.1 Å². The fourth-order valence-electron chi connectivity index (χ4n) is 1.25. The highest BCUT2D eigenvalue weighted by molar-refractivity contribution is 5.54. The maximum Gasteiger partial charge on any atom is 0.130 e. The van der Waals surface area contributed by atoms with Crippen LogP contribution in [0.2, 0.25) is 0 Å². The first-order chi connectivity index (χ1) is 7.38. The van der Waals surface area contributed by atoms with Gasteiger partial charge in [0.2, 0.25) is 0 Å². The van der Waals surface area contributed by atoms with Crippen molar-refractivity contribution in [2.45, 2.75) is 6.54 Å². The van der Waals surface area contributed by atoms with Crippen LogP contribution < -0.4 is 11.1 Å². The number of nitrogens with one attached hydrogen (secondary N) is 1. The number of anilines is 2. The highest BCUT2D eigenvalue weighted by atomic mass is 15.0. The van der Waals surface area contributed by atoms with Crippen molar-refractivity contribution in [3.05, 3.63) is 48.4 Å². The van der Waals surface area contributed by atoms with Crippen LogP contribution in [0.1, 0.15) is 5.56 Å². The Balaban J connectivity index is 2.17. The van der Waals surface area contributed by atoms with Crippen LogP contribution in [0.15, 0.2) is 42.9 Å². The van der Waals surface area contributed by atoms with Gasteiger partial charge in [-0.25, -0.2) is 4.98 Å². The molecule has 2 aromatic heterocycles. The molecule has 0 atom stereocenters. The lowest BCUT2D eigenvalue weighted by molar-refractivity contribution is 1.06. The van der Waals surface area contributed by atoms with E-state index in [0.29, 0.717) is 6.54 Å². The lowest BCUT2D eigenvalue weighted by atomic mass is 10.2. The van der Waals surface area contributed by atoms with Crippen LogP contribution in [0.5, 0.6) is 0 Å². The first kappa shape index (κ1) is 9.61. The molecule has 0 amide bonds. The van der Waals surface area contributed by atoms with Crippen LogP contribution >= 0.6 is 0 Å². The van der Waals surface area contributed by atoms with Crippen molar-refractivity contribution in [3.8, 4) is 0 Å². The molecule has 2 heterocycles. The van der Waals surface area contributed by atoms with E-state index in [1.165, 1.54) is 0 Å². The molecule has 4 nitrogen and oxygen atoms in total. The maximum atomic E-state index is 5.54. The molecule has 4 heteroatoms. The predicted molar refractivity (Wildman–Crippen MR) is 59.6 cm³/mol. The van der Waals surface area contributed by atoms with Crippen LogP contribution in [0.3, 0.4) is 0 Å². The second kappa shape index (κ2) is 4.52. The summed E-state index contributed by atoms with van der Waals surface area (Å²) in [5, 5.41) is 3.15. The fraction of sp³-hybridized carbons (Fsp3) is 0.0909. The first-order valence-corrected chi connectivity index (χ1v) is 4.70. The fourth-order valence-corrected chi connectivity index (χ4v) is 1.25. The number of hydrogen-bond donors (Lipinski definition) is 2. The molecule has 0 bridgehead atoms. The molecular formula is C11H12N4. The number of nitrogens with two attached hydrogens (primary N) is 1. The molecule has 0 aliphatic heterocycles. The highest BCUT2D eigenvalue weighted by Crippen LogP contribution is 2.13. The monoisotopic (exact) mass is 200 g/mol. The molecule has 0 aromatic carbocycles. The zero-order chi connectivity index (χ0) is 10.5. The minimum atomic E-state index is 0.518. The Morgan fingerprint density at radius 2 is 2.20 bits per heavy atom. The molecule has 0 saturated heterocycles. The normalized spacial score (nSPS) is 9.93. The van der Waals surface area contributed by atoms with Gasteiger partial charge in [-0.3, -0.25) is 4.98 Å². The molecule has 2 aromatic rings. The lowest BCUT2D eigenvalue weighted by Gasteiger charge is -2.05. The summed E-state index contributed by atoms with van der Waals surface area (Å²) in [4.78, 5) is 8.20. The van der Waals surface area contributed by atoms with Crippen molar-refractivity contribution in [1.82, 2.24) is 9.97 Å². The molecule has 15 heavy (non-hydrogen) atoms. The van der Waals surface area contributed by atoms with Crippen LogP contribution in [0.4, 0.5) is 11.5 Å². The number of hydrogen-bond acceptors (Lipinski definition) is 4. The van der Waals surface area contributed by atoms with Crippen molar-refractivity contribution in [2.24, 2.45) is 5.73 Å². The molecule has 76 valence electrons. The average molecular weight is 200 g/mol. The van der Waals surface area contributed by atoms with Gasteiger partial charge in [0.05, 0.1) is 11.9 Å². The molecule has 0 radical (unpaired) electrons. The summed E-state index contributed by atoms with van der Waals surface area (Å²) in [5.41, 5.74) is 7.51. The Morgan fingerprint density at radius 3 is 2.93 bits per heavy atom. The average Bonchev–Trinajstić information content (AvgIpc) is 2.31. The zero-order valence-electron chi connectivity index (χ0n) is 8.22. The quantitative estimate of drug-likeness (QED) is 0.791. The zero-order valence-corrected chi connectivity index (χ0v) is 8.22. The summed E-state index contributed by atoms with van der Waals surface area (Å²) in [6.07, 6.45) is 5.21. The van der Waals surface area contributed by atoms with Gasteiger partial charge in [0.1, 0.15) is 5.82 Å². The Labute approximate surface area is 88.2 Å². The SMILES string of the molecule is NCc1ccnc(Nc2cccnc2)c1. The Morgan fingerprint density at radius 1 is 1.27 bits per heavy atom. The third-order valence-electron chi connectivity index (χ3n) is 1.99. The predicted octanol–water partition coefficient (Wildman–Crippen LogP) is 1.68. The summed E-state index contributed by atoms with van der Waals surface area (Å²) in [6.45, 7) is 0.518. The lowest BCUT2D eigenvalue weighted by Crippen LogP contribution is -1.99. The Bertz CT molecular complexity index is 428. The van der Waals surface area contributed by atoms with Crippen LogP contribution in [-0.4, -0.2) is 9.97 Å². The standard InChI is InChI=1S/C11H12N4/c12-7-9-3-5-14-11(6-9)15-10-2-1-4-13-8-10/h1-6,8H,7,12H2,(H,14,15). The van der Waals surface area contributed by atoms with Crippen molar-refractivity contribution in [2.75, 3.05) is 5.32 Å². The van der Waals surface area contributed by atoms with Gasteiger partial charge in [0.25, 0.3) is 0 Å². The van der Waals surface area contributed by atoms with Crippen LogP contribution in [-0.2, 0) is 6.54 Å². The van der Waals surface area contributed by atoms with Crippen LogP contribution in [0.25, 0.3) is 0 Å². The molecule has 0 aliphatic carbocycles. The van der Waals surface area contributed by atoms with Crippen molar-refractivity contribution in [1.29, 1.82) is 0 Å². The summed E-state index contributed by atoms with van der Waals surface area (Å²) >= 11 is 0. The van der Waals surface area contributed by atoms with E-state index in [1.807, 2.05) is 24.3 Å². The molecule has 2 rings (SSSR count). The molecule has 0 fully saturated rings. The summed E-state index contributed by atoms with van der Waals surface area (Å²) in [7, 11) is 0. The van der Waals surface area contributed by atoms with Gasteiger partial charge >= 0.3 is 0 Å². The van der Waals surface area contributed by atoms with Gasteiger partial charge in [-0.1, -0.05) is 0 Å². The molecule has 0 aliphatic rings. The maximum absolute atomic E-state index is 5.54. The van der Waals surface area contributed by atoms with Crippen molar-refractivity contribution in [3.63, 3.8) is 0 Å². The minimum Gasteiger partial charge on any atom is -0.339 e. The topological polar surface area (TPSA) is 63.8 Å². The third-order valence-corrected chi connectivity index (χ3v) is 1.99. The molecule has 0 spiro atoms. The van der Waals surface area contributed by atoms with Gasteiger partial charge in [0.15, 0.2) is 0 Å². The van der Waals surface area contributed by atoms with Crippen LogP contribution in [0, 0.1) is 0 Å². The van der Waals surface area contributed by atoms with Gasteiger partial charge in [0, 0.05) is 18.9 Å². The van der Waals surface area contributed by atoms with E-state index in [9.17, 15) is 0 Å². The van der Waals surface area contributed by atoms with E-state index in [2.05, 4.69) is 15.3 Å². The van der Waals surface area contributed by atoms with E-state index in [0.717, 1.165) is 17.1 Å². The van der Waals surface area contributed by atoms with E-state index in [-0.39, 0.29) is 0 Å². The van der Waals surface area contributed by atoms with Gasteiger partial charge in [-0.15, -0.1) is 0 Å². The molecule has 0 unspecified atom stereocenters. The number of aromatic nitrogens is 2. The number of nitrogens with zero attached hydrogens (tertiary/aromatic N) is 2. The van der Waals surface area contributed by atoms with Crippen molar-refractivity contribution >= 4 is 11.5 Å². The summed E-state index contributed by atoms with van der Waals surface area (Å²) in [5.74, 6) is 0.783. The summed E-state index contributed by atoms with van der Waals surface area (Å²) < 4.78 is 0. The Kier molecular flexibility index (Phi) is 2.90. The first-order valence-electron chi connectivity index (χ1n) is 4.70. The van der Waals surface area contributed by atoms with Gasteiger partial charge in [-0.2, -0.15) is 0 Å². The van der Waals surface area contributed by atoms with E-state index < -0.39 is 0 Å². The second-order valence-corrected chi connectivity index (χ2v) is 3.12. The molecule has 3 N–H and O–H groups in total. The van der Waals surface area contributed by atoms with E-state index in [1.54, 1.807) is 18.6 Å². The number of pyridine rings is 2. The van der Waals surface area contributed by atoms with E-state index >= 15 is 0 Å². The second-order valence-electron chi connectivity index (χ2n) is 3.12. The third kappa shape index (κ3) is 2.51. The smallest absolute Gasteiger partial charge is 0.130 e.